The Bertz CT molecular complexity index is 385. The highest BCUT2D eigenvalue weighted by molar-refractivity contribution is 5.53. The van der Waals surface area contributed by atoms with Gasteiger partial charge in [-0.3, -0.25) is 4.90 Å². The van der Waals surface area contributed by atoms with Crippen molar-refractivity contribution in [2.45, 2.75) is 46.2 Å². The molecule has 2 nitrogen and oxygen atoms in total. The molecule has 0 saturated carbocycles. The molecule has 1 heterocycles. The summed E-state index contributed by atoms with van der Waals surface area (Å²) in [7, 11) is 0. The minimum atomic E-state index is 0.609. The first-order chi connectivity index (χ1) is 8.06. The molecule has 0 aliphatic carbocycles. The Morgan fingerprint density at radius 2 is 2.06 bits per heavy atom. The Morgan fingerprint density at radius 3 is 2.71 bits per heavy atom. The maximum absolute atomic E-state index is 3.69. The summed E-state index contributed by atoms with van der Waals surface area (Å²) in [5, 5.41) is 3.69. The number of hydrogen-bond acceptors (Lipinski definition) is 2. The third kappa shape index (κ3) is 3.01. The van der Waals surface area contributed by atoms with Crippen LogP contribution < -0.4 is 5.32 Å². The van der Waals surface area contributed by atoms with E-state index in [4.69, 9.17) is 0 Å². The molecule has 0 bridgehead atoms. The van der Waals surface area contributed by atoms with E-state index in [9.17, 15) is 0 Å². The van der Waals surface area contributed by atoms with E-state index in [1.807, 2.05) is 0 Å². The molecule has 0 amide bonds. The van der Waals surface area contributed by atoms with Crippen LogP contribution in [0.2, 0.25) is 0 Å². The molecule has 2 heteroatoms. The van der Waals surface area contributed by atoms with E-state index < -0.39 is 0 Å². The van der Waals surface area contributed by atoms with Crippen LogP contribution in [0.4, 0.5) is 5.69 Å². The van der Waals surface area contributed by atoms with Crippen molar-refractivity contribution in [1.29, 1.82) is 0 Å². The van der Waals surface area contributed by atoms with Gasteiger partial charge >= 0.3 is 0 Å². The van der Waals surface area contributed by atoms with Gasteiger partial charge in [0.05, 0.1) is 0 Å². The molecule has 1 N–H and O–H groups in total. The molecule has 1 fully saturated rings. The van der Waals surface area contributed by atoms with Crippen LogP contribution in [-0.4, -0.2) is 30.1 Å². The highest BCUT2D eigenvalue weighted by Gasteiger charge is 2.24. The van der Waals surface area contributed by atoms with E-state index >= 15 is 0 Å². The summed E-state index contributed by atoms with van der Waals surface area (Å²) < 4.78 is 0. The maximum atomic E-state index is 3.69. The van der Waals surface area contributed by atoms with Crippen molar-refractivity contribution in [3.63, 3.8) is 0 Å². The van der Waals surface area contributed by atoms with Gasteiger partial charge in [0.25, 0.3) is 0 Å². The van der Waals surface area contributed by atoms with Crippen LogP contribution in [0.25, 0.3) is 0 Å². The van der Waals surface area contributed by atoms with Crippen molar-refractivity contribution in [2.75, 3.05) is 18.4 Å². The number of hydrogen-bond donors (Lipinski definition) is 1. The summed E-state index contributed by atoms with van der Waals surface area (Å²) in [5.41, 5.74) is 3.98. The molecular weight excluding hydrogens is 208 g/mol. The molecule has 17 heavy (non-hydrogen) atoms. The lowest BCUT2D eigenvalue weighted by Gasteiger charge is -2.21. The van der Waals surface area contributed by atoms with Gasteiger partial charge in [0.1, 0.15) is 0 Å². The zero-order valence-corrected chi connectivity index (χ0v) is 11.5. The summed E-state index contributed by atoms with van der Waals surface area (Å²) in [6, 6.07) is 7.91. The van der Waals surface area contributed by atoms with E-state index in [0.717, 1.165) is 0 Å². The summed E-state index contributed by atoms with van der Waals surface area (Å²) in [4.78, 5) is 2.54. The molecule has 1 atom stereocenters. The first-order valence-corrected chi connectivity index (χ1v) is 6.64. The number of benzene rings is 1. The third-order valence-corrected chi connectivity index (χ3v) is 3.70. The topological polar surface area (TPSA) is 15.3 Å². The van der Waals surface area contributed by atoms with Gasteiger partial charge < -0.3 is 5.32 Å². The lowest BCUT2D eigenvalue weighted by atomic mass is 10.1. The van der Waals surface area contributed by atoms with Crippen LogP contribution in [0.5, 0.6) is 0 Å². The summed E-state index contributed by atoms with van der Waals surface area (Å²) >= 11 is 0. The number of anilines is 1. The molecule has 2 rings (SSSR count). The van der Waals surface area contributed by atoms with E-state index in [2.05, 4.69) is 56.1 Å². The lowest BCUT2D eigenvalue weighted by molar-refractivity contribution is 0.274. The van der Waals surface area contributed by atoms with Gasteiger partial charge in [0.15, 0.2) is 0 Å². The van der Waals surface area contributed by atoms with Gasteiger partial charge in [0, 0.05) is 30.9 Å². The van der Waals surface area contributed by atoms with Crippen molar-refractivity contribution in [3.8, 4) is 0 Å². The third-order valence-electron chi connectivity index (χ3n) is 3.70. The molecule has 94 valence electrons. The first kappa shape index (κ1) is 12.4. The van der Waals surface area contributed by atoms with Crippen molar-refractivity contribution >= 4 is 5.69 Å². The largest absolute Gasteiger partial charge is 0.381 e. The smallest absolute Gasteiger partial charge is 0.0400 e. The monoisotopic (exact) mass is 232 g/mol. The molecule has 1 aromatic carbocycles. The summed E-state index contributed by atoms with van der Waals surface area (Å²) in [6.07, 6.45) is 1.26. The highest BCUT2D eigenvalue weighted by atomic mass is 15.2. The van der Waals surface area contributed by atoms with Gasteiger partial charge in [-0.15, -0.1) is 0 Å². The average Bonchev–Trinajstić information content (AvgIpc) is 2.72. The van der Waals surface area contributed by atoms with Gasteiger partial charge in [-0.1, -0.05) is 12.1 Å². The fraction of sp³-hybridized carbons (Fsp3) is 0.600. The second-order valence-electron chi connectivity index (χ2n) is 5.54. The molecule has 0 aromatic heterocycles. The second-order valence-corrected chi connectivity index (χ2v) is 5.54. The fourth-order valence-corrected chi connectivity index (χ4v) is 2.49. The SMILES string of the molecule is Cc1ccc(C)c(NC2CCN(C(C)C)C2)c1. The van der Waals surface area contributed by atoms with Crippen LogP contribution in [0.3, 0.4) is 0 Å². The minimum Gasteiger partial charge on any atom is -0.381 e. The van der Waals surface area contributed by atoms with Crippen LogP contribution in [-0.2, 0) is 0 Å². The predicted octanol–water partition coefficient (Wildman–Crippen LogP) is 3.20. The fourth-order valence-electron chi connectivity index (χ4n) is 2.49. The first-order valence-electron chi connectivity index (χ1n) is 6.64. The minimum absolute atomic E-state index is 0.609. The zero-order valence-electron chi connectivity index (χ0n) is 11.5. The molecule has 1 aliphatic rings. The molecular formula is C15H24N2. The molecule has 1 unspecified atom stereocenters. The van der Waals surface area contributed by atoms with Crippen molar-refractivity contribution in [2.24, 2.45) is 0 Å². The van der Waals surface area contributed by atoms with Crippen molar-refractivity contribution in [3.05, 3.63) is 29.3 Å². The van der Waals surface area contributed by atoms with Crippen LogP contribution >= 0.6 is 0 Å². The Balaban J connectivity index is 2.00. The van der Waals surface area contributed by atoms with Crippen LogP contribution in [0.1, 0.15) is 31.4 Å². The maximum Gasteiger partial charge on any atom is 0.0400 e. The lowest BCUT2D eigenvalue weighted by Crippen LogP contribution is -2.31. The number of rotatable bonds is 3. The number of nitrogens with zero attached hydrogens (tertiary/aromatic N) is 1. The van der Waals surface area contributed by atoms with E-state index in [1.165, 1.54) is 36.3 Å². The molecule has 1 aromatic rings. The highest BCUT2D eigenvalue weighted by Crippen LogP contribution is 2.21. The van der Waals surface area contributed by atoms with E-state index in [0.29, 0.717) is 12.1 Å². The Kier molecular flexibility index (Phi) is 3.72. The number of aryl methyl sites for hydroxylation is 2. The van der Waals surface area contributed by atoms with Crippen molar-refractivity contribution in [1.82, 2.24) is 4.90 Å². The number of likely N-dealkylation sites (tertiary alicyclic amines) is 1. The summed E-state index contributed by atoms with van der Waals surface area (Å²) in [6.45, 7) is 11.3. The Morgan fingerprint density at radius 1 is 1.29 bits per heavy atom. The quantitative estimate of drug-likeness (QED) is 0.861. The Hall–Kier alpha value is -1.02. The predicted molar refractivity (Wildman–Crippen MR) is 74.7 cm³/mol. The summed E-state index contributed by atoms with van der Waals surface area (Å²) in [5.74, 6) is 0. The average molecular weight is 232 g/mol. The van der Waals surface area contributed by atoms with E-state index in [1.54, 1.807) is 0 Å². The molecule has 1 saturated heterocycles. The second kappa shape index (κ2) is 5.09. The van der Waals surface area contributed by atoms with E-state index in [-0.39, 0.29) is 0 Å². The van der Waals surface area contributed by atoms with Crippen LogP contribution in [0, 0.1) is 13.8 Å². The standard InChI is InChI=1S/C15H24N2/c1-11(2)17-8-7-14(10-17)16-15-9-12(3)5-6-13(15)4/h5-6,9,11,14,16H,7-8,10H2,1-4H3. The van der Waals surface area contributed by atoms with Gasteiger partial charge in [0.2, 0.25) is 0 Å². The zero-order chi connectivity index (χ0) is 12.4. The normalized spacial score (nSPS) is 21.1. The van der Waals surface area contributed by atoms with Crippen LogP contribution in [0.15, 0.2) is 18.2 Å². The molecule has 0 spiro atoms. The van der Waals surface area contributed by atoms with Crippen molar-refractivity contribution < 1.29 is 0 Å². The van der Waals surface area contributed by atoms with Gasteiger partial charge in [-0.25, -0.2) is 0 Å². The van der Waals surface area contributed by atoms with Gasteiger partial charge in [-0.05, 0) is 51.3 Å². The Labute approximate surface area is 105 Å². The number of nitrogens with one attached hydrogen (secondary N) is 1. The van der Waals surface area contributed by atoms with Gasteiger partial charge in [-0.2, -0.15) is 0 Å². The molecule has 1 aliphatic heterocycles. The molecule has 0 radical (unpaired) electrons.